The van der Waals surface area contributed by atoms with Gasteiger partial charge in [0.1, 0.15) is 17.8 Å². The van der Waals surface area contributed by atoms with Gasteiger partial charge < -0.3 is 14.8 Å². The highest BCUT2D eigenvalue weighted by Gasteiger charge is 2.56. The van der Waals surface area contributed by atoms with Crippen LogP contribution in [0.4, 0.5) is 4.79 Å². The van der Waals surface area contributed by atoms with Crippen molar-refractivity contribution >= 4 is 23.9 Å². The van der Waals surface area contributed by atoms with Gasteiger partial charge in [0.2, 0.25) is 0 Å². The molecule has 2 atom stereocenters. The third-order valence-electron chi connectivity index (χ3n) is 5.42. The lowest BCUT2D eigenvalue weighted by Gasteiger charge is -2.43. The summed E-state index contributed by atoms with van der Waals surface area (Å²) in [5.41, 5.74) is -0.725. The molecule has 29 heavy (non-hydrogen) atoms. The minimum Gasteiger partial charge on any atom is -0.465 e. The van der Waals surface area contributed by atoms with E-state index < -0.39 is 30.1 Å². The minimum absolute atomic E-state index is 0.0848. The lowest BCUT2D eigenvalue weighted by Crippen LogP contribution is -2.54. The normalized spacial score (nSPS) is 25.7. The van der Waals surface area contributed by atoms with Crippen LogP contribution in [0.25, 0.3) is 0 Å². The summed E-state index contributed by atoms with van der Waals surface area (Å²) in [7, 11) is 1.27. The molecule has 1 N–H and O–H groups in total. The number of imide groups is 1. The molecular formula is C21H26N2O6. The Morgan fingerprint density at radius 3 is 2.41 bits per heavy atom. The largest absolute Gasteiger partial charge is 0.465 e. The first kappa shape index (κ1) is 20.8. The molecule has 3 rings (SSSR count). The first-order valence-corrected chi connectivity index (χ1v) is 9.58. The summed E-state index contributed by atoms with van der Waals surface area (Å²) < 4.78 is 9.83. The molecular weight excluding hydrogens is 376 g/mol. The molecule has 1 saturated carbocycles. The van der Waals surface area contributed by atoms with Crippen molar-refractivity contribution in [2.24, 2.45) is 11.3 Å². The van der Waals surface area contributed by atoms with Crippen LogP contribution < -0.4 is 10.1 Å². The maximum absolute atomic E-state index is 13.1. The molecule has 1 spiro atoms. The molecule has 1 heterocycles. The van der Waals surface area contributed by atoms with Gasteiger partial charge in [-0.2, -0.15) is 0 Å². The van der Waals surface area contributed by atoms with Crippen LogP contribution in [0.2, 0.25) is 0 Å². The summed E-state index contributed by atoms with van der Waals surface area (Å²) in [4.78, 5) is 50.2. The van der Waals surface area contributed by atoms with Gasteiger partial charge >= 0.3 is 18.0 Å². The van der Waals surface area contributed by atoms with Crippen LogP contribution in [-0.2, 0) is 14.3 Å². The Hall–Kier alpha value is -2.90. The molecule has 0 aromatic heterocycles. The monoisotopic (exact) mass is 402 g/mol. The summed E-state index contributed by atoms with van der Waals surface area (Å²) in [6, 6.07) is 5.25. The minimum atomic E-state index is -0.958. The van der Waals surface area contributed by atoms with Crippen molar-refractivity contribution in [3.8, 4) is 5.75 Å². The number of ether oxygens (including phenoxy) is 2. The number of hydrogen-bond acceptors (Lipinski definition) is 6. The van der Waals surface area contributed by atoms with Crippen molar-refractivity contribution in [2.45, 2.75) is 45.6 Å². The third-order valence-corrected chi connectivity index (χ3v) is 5.42. The molecule has 156 valence electrons. The van der Waals surface area contributed by atoms with Crippen LogP contribution in [-0.4, -0.2) is 48.0 Å². The van der Waals surface area contributed by atoms with E-state index in [1.54, 1.807) is 0 Å². The second kappa shape index (κ2) is 7.50. The Balaban J connectivity index is 1.67. The molecule has 8 heteroatoms. The van der Waals surface area contributed by atoms with Crippen LogP contribution in [0, 0.1) is 11.3 Å². The third kappa shape index (κ3) is 4.26. The molecule has 3 amide bonds. The fraction of sp³-hybridized carbons (Fsp3) is 0.524. The maximum Gasteiger partial charge on any atom is 0.337 e. The predicted octanol–water partition coefficient (Wildman–Crippen LogP) is 2.52. The van der Waals surface area contributed by atoms with Gasteiger partial charge in [0, 0.05) is 0 Å². The fourth-order valence-electron chi connectivity index (χ4n) is 4.72. The van der Waals surface area contributed by atoms with E-state index in [1.807, 2.05) is 0 Å². The maximum atomic E-state index is 13.1. The summed E-state index contributed by atoms with van der Waals surface area (Å²) in [6.07, 6.45) is 2.07. The number of carbonyl (C=O) groups excluding carboxylic acids is 4. The first-order chi connectivity index (χ1) is 13.5. The molecule has 8 nitrogen and oxygen atoms in total. The second-order valence-corrected chi connectivity index (χ2v) is 8.75. The van der Waals surface area contributed by atoms with Crippen LogP contribution in [0.3, 0.4) is 0 Å². The molecule has 1 aromatic carbocycles. The Bertz CT molecular complexity index is 847. The van der Waals surface area contributed by atoms with Gasteiger partial charge in [0.25, 0.3) is 5.91 Å². The topological polar surface area (TPSA) is 102 Å². The van der Waals surface area contributed by atoms with Crippen molar-refractivity contribution < 1.29 is 28.7 Å². The van der Waals surface area contributed by atoms with E-state index >= 15 is 0 Å². The van der Waals surface area contributed by atoms with E-state index in [0.717, 1.165) is 11.3 Å². The molecule has 0 radical (unpaired) electrons. The summed E-state index contributed by atoms with van der Waals surface area (Å²) in [5, 5.41) is 2.83. The lowest BCUT2D eigenvalue weighted by molar-refractivity contribution is -0.142. The van der Waals surface area contributed by atoms with Crippen molar-refractivity contribution in [1.82, 2.24) is 10.2 Å². The number of methoxy groups -OCH3 is 1. The standard InChI is InChI=1S/C21H26N2O6/c1-13-9-20(2,3)12-21(10-13)18(26)23(19(27)22-21)11-16(24)29-15-7-5-14(6-8-15)17(25)28-4/h5-8,13H,9-12H2,1-4H3,(H,22,27)/t13-,21-/m1/s1. The van der Waals surface area contributed by atoms with Gasteiger partial charge in [-0.25, -0.2) is 14.4 Å². The number of hydrogen-bond donors (Lipinski definition) is 1. The summed E-state index contributed by atoms with van der Waals surface area (Å²) in [5.74, 6) is -1.13. The van der Waals surface area contributed by atoms with Gasteiger partial charge in [-0.05, 0) is 54.9 Å². The zero-order valence-corrected chi connectivity index (χ0v) is 17.1. The van der Waals surface area contributed by atoms with E-state index in [0.29, 0.717) is 18.4 Å². The first-order valence-electron chi connectivity index (χ1n) is 9.58. The molecule has 1 aliphatic heterocycles. The number of urea groups is 1. The lowest BCUT2D eigenvalue weighted by atomic mass is 9.64. The zero-order chi connectivity index (χ0) is 21.4. The van der Waals surface area contributed by atoms with Gasteiger partial charge in [-0.15, -0.1) is 0 Å². The number of nitrogens with one attached hydrogen (secondary N) is 1. The molecule has 1 aliphatic carbocycles. The highest BCUT2D eigenvalue weighted by Crippen LogP contribution is 2.46. The summed E-state index contributed by atoms with van der Waals surface area (Å²) >= 11 is 0. The van der Waals surface area contributed by atoms with Crippen LogP contribution in [0.5, 0.6) is 5.75 Å². The number of esters is 2. The van der Waals surface area contributed by atoms with Crippen LogP contribution >= 0.6 is 0 Å². The molecule has 1 aromatic rings. The van der Waals surface area contributed by atoms with Gasteiger partial charge in [-0.3, -0.25) is 9.69 Å². The van der Waals surface area contributed by atoms with E-state index in [2.05, 4.69) is 30.8 Å². The van der Waals surface area contributed by atoms with E-state index in [4.69, 9.17) is 4.74 Å². The van der Waals surface area contributed by atoms with Crippen LogP contribution in [0.15, 0.2) is 24.3 Å². The average molecular weight is 402 g/mol. The smallest absolute Gasteiger partial charge is 0.337 e. The Morgan fingerprint density at radius 1 is 1.17 bits per heavy atom. The van der Waals surface area contributed by atoms with Crippen molar-refractivity contribution in [1.29, 1.82) is 0 Å². The molecule has 1 saturated heterocycles. The van der Waals surface area contributed by atoms with Crippen LogP contribution in [0.1, 0.15) is 50.4 Å². The van der Waals surface area contributed by atoms with Crippen molar-refractivity contribution in [3.05, 3.63) is 29.8 Å². The predicted molar refractivity (Wildman–Crippen MR) is 103 cm³/mol. The Labute approximate surface area is 169 Å². The summed E-state index contributed by atoms with van der Waals surface area (Å²) in [6.45, 7) is 5.76. The molecule has 2 aliphatic rings. The number of nitrogens with zero attached hydrogens (tertiary/aromatic N) is 1. The van der Waals surface area contributed by atoms with E-state index in [1.165, 1.54) is 31.4 Å². The molecule has 0 bridgehead atoms. The Kier molecular flexibility index (Phi) is 5.38. The molecule has 2 fully saturated rings. The number of carbonyl (C=O) groups is 4. The van der Waals surface area contributed by atoms with Gasteiger partial charge in [0.15, 0.2) is 0 Å². The fourth-order valence-corrected chi connectivity index (χ4v) is 4.72. The van der Waals surface area contributed by atoms with Gasteiger partial charge in [-0.1, -0.05) is 20.8 Å². The van der Waals surface area contributed by atoms with Crippen molar-refractivity contribution in [2.75, 3.05) is 13.7 Å². The van der Waals surface area contributed by atoms with E-state index in [-0.39, 0.29) is 23.0 Å². The molecule has 0 unspecified atom stereocenters. The SMILES string of the molecule is COC(=O)c1ccc(OC(=O)CN2C(=O)N[C@@]3(C[C@H](C)CC(C)(C)C3)C2=O)cc1. The Morgan fingerprint density at radius 2 is 1.83 bits per heavy atom. The highest BCUT2D eigenvalue weighted by atomic mass is 16.5. The second-order valence-electron chi connectivity index (χ2n) is 8.75. The van der Waals surface area contributed by atoms with E-state index in [9.17, 15) is 19.2 Å². The highest BCUT2D eigenvalue weighted by molar-refractivity contribution is 6.08. The number of benzene rings is 1. The number of amides is 3. The quantitative estimate of drug-likeness (QED) is 0.472. The number of rotatable bonds is 4. The zero-order valence-electron chi connectivity index (χ0n) is 17.1. The average Bonchev–Trinajstić information content (AvgIpc) is 2.83. The van der Waals surface area contributed by atoms with Crippen molar-refractivity contribution in [3.63, 3.8) is 0 Å². The van der Waals surface area contributed by atoms with Gasteiger partial charge in [0.05, 0.1) is 12.7 Å².